The molecule has 1 aliphatic rings. The van der Waals surface area contributed by atoms with E-state index in [2.05, 4.69) is 10.3 Å². The van der Waals surface area contributed by atoms with Crippen LogP contribution in [-0.4, -0.2) is 34.3 Å². The molecule has 2 atom stereocenters. The van der Waals surface area contributed by atoms with Gasteiger partial charge in [-0.15, -0.1) is 0 Å². The van der Waals surface area contributed by atoms with Gasteiger partial charge in [0.05, 0.1) is 18.3 Å². The fourth-order valence-electron chi connectivity index (χ4n) is 4.60. The Kier molecular flexibility index (Phi) is 7.91. The van der Waals surface area contributed by atoms with E-state index in [0.717, 1.165) is 22.4 Å². The van der Waals surface area contributed by atoms with Crippen LogP contribution in [0.4, 0.5) is 4.39 Å². The Bertz CT molecular complexity index is 1240. The molecule has 0 fully saturated rings. The van der Waals surface area contributed by atoms with Crippen LogP contribution in [0.15, 0.2) is 66.9 Å². The summed E-state index contributed by atoms with van der Waals surface area (Å²) in [5.41, 5.74) is 3.06. The summed E-state index contributed by atoms with van der Waals surface area (Å²) in [6, 6.07) is 17.3. The summed E-state index contributed by atoms with van der Waals surface area (Å²) >= 11 is 0. The Hall–Kier alpha value is -3.74. The zero-order valence-electron chi connectivity index (χ0n) is 21.8. The Morgan fingerprint density at radius 3 is 2.54 bits per heavy atom. The van der Waals surface area contributed by atoms with Gasteiger partial charge in [0.25, 0.3) is 5.91 Å². The molecular weight excluding hydrogens is 469 g/mol. The number of rotatable bonds is 7. The average molecular weight is 504 g/mol. The van der Waals surface area contributed by atoms with Crippen LogP contribution in [0.25, 0.3) is 0 Å². The maximum Gasteiger partial charge on any atom is 0.261 e. The minimum atomic E-state index is -0.679. The van der Waals surface area contributed by atoms with Crippen molar-refractivity contribution in [3.63, 3.8) is 0 Å². The van der Waals surface area contributed by atoms with Crippen LogP contribution < -0.4 is 10.1 Å². The second-order valence-corrected chi connectivity index (χ2v) is 10.4. The number of fused-ring (bicyclic) bond motifs is 1. The molecule has 0 bridgehead atoms. The number of carbonyl (C=O) groups excluding carboxylic acids is 2. The molecule has 2 amide bonds. The summed E-state index contributed by atoms with van der Waals surface area (Å²) in [7, 11) is 0. The lowest BCUT2D eigenvalue weighted by Crippen LogP contribution is -2.45. The van der Waals surface area contributed by atoms with E-state index in [9.17, 15) is 14.0 Å². The van der Waals surface area contributed by atoms with Gasteiger partial charge >= 0.3 is 0 Å². The molecule has 1 N–H and O–H groups in total. The Morgan fingerprint density at radius 2 is 1.89 bits per heavy atom. The second-order valence-electron chi connectivity index (χ2n) is 10.4. The smallest absolute Gasteiger partial charge is 0.261 e. The minimum absolute atomic E-state index is 0.0270. The van der Waals surface area contributed by atoms with Crippen molar-refractivity contribution in [2.75, 3.05) is 6.54 Å². The highest BCUT2D eigenvalue weighted by Gasteiger charge is 2.37. The summed E-state index contributed by atoms with van der Waals surface area (Å²) in [4.78, 5) is 32.4. The lowest BCUT2D eigenvalue weighted by atomic mass is 9.85. The molecule has 2 heterocycles. The lowest BCUT2D eigenvalue weighted by molar-refractivity contribution is -0.141. The van der Waals surface area contributed by atoms with E-state index in [4.69, 9.17) is 4.74 Å². The van der Waals surface area contributed by atoms with E-state index < -0.39 is 11.5 Å². The molecule has 7 heteroatoms. The van der Waals surface area contributed by atoms with Gasteiger partial charge in [-0.2, -0.15) is 0 Å². The standard InChI is InChI=1S/C30H34FN3O3/c1-5-26(28(35)33-19-23-8-6-7-16-32-23)37-24-14-11-20-15-17-34(29(36)30(2,3)4)27(25(20)18-24)21-9-12-22(31)13-10-21/h6-14,16,18,26-27H,5,15,17,19H2,1-4H3,(H,33,35)/t26-,27+/m1/s1. The zero-order valence-corrected chi connectivity index (χ0v) is 21.8. The van der Waals surface area contributed by atoms with Crippen LogP contribution in [0.2, 0.25) is 0 Å². The number of amides is 2. The van der Waals surface area contributed by atoms with Crippen LogP contribution in [0.1, 0.15) is 62.5 Å². The lowest BCUT2D eigenvalue weighted by Gasteiger charge is -2.41. The molecule has 0 radical (unpaired) electrons. The molecular formula is C30H34FN3O3. The summed E-state index contributed by atoms with van der Waals surface area (Å²) in [6.07, 6.45) is 2.20. The SMILES string of the molecule is CC[C@@H](Oc1ccc2c(c1)[C@H](c1ccc(F)cc1)N(C(=O)C(C)(C)C)CC2)C(=O)NCc1ccccn1. The van der Waals surface area contributed by atoms with Gasteiger partial charge in [-0.25, -0.2) is 4.39 Å². The Morgan fingerprint density at radius 1 is 1.14 bits per heavy atom. The maximum atomic E-state index is 13.7. The molecule has 0 spiro atoms. The Balaban J connectivity index is 1.61. The molecule has 194 valence electrons. The number of hydrogen-bond acceptors (Lipinski definition) is 4. The highest BCUT2D eigenvalue weighted by Crippen LogP contribution is 2.39. The highest BCUT2D eigenvalue weighted by molar-refractivity contribution is 5.83. The van der Waals surface area contributed by atoms with Gasteiger partial charge in [-0.3, -0.25) is 14.6 Å². The first-order chi connectivity index (χ1) is 17.7. The van der Waals surface area contributed by atoms with Crippen LogP contribution >= 0.6 is 0 Å². The molecule has 0 saturated carbocycles. The number of pyridine rings is 1. The number of hydrogen-bond donors (Lipinski definition) is 1. The van der Waals surface area contributed by atoms with Gasteiger partial charge in [0.2, 0.25) is 5.91 Å². The third-order valence-corrected chi connectivity index (χ3v) is 6.55. The number of benzene rings is 2. The van der Waals surface area contributed by atoms with E-state index in [0.29, 0.717) is 31.7 Å². The first-order valence-corrected chi connectivity index (χ1v) is 12.7. The molecule has 2 aromatic carbocycles. The minimum Gasteiger partial charge on any atom is -0.481 e. The van der Waals surface area contributed by atoms with Gasteiger partial charge < -0.3 is 15.0 Å². The molecule has 1 aromatic heterocycles. The molecule has 6 nitrogen and oxygen atoms in total. The monoisotopic (exact) mass is 503 g/mol. The van der Waals surface area contributed by atoms with Crippen molar-refractivity contribution in [2.24, 2.45) is 5.41 Å². The van der Waals surface area contributed by atoms with E-state index in [1.54, 1.807) is 18.3 Å². The van der Waals surface area contributed by atoms with E-state index >= 15 is 0 Å². The van der Waals surface area contributed by atoms with Gasteiger partial charge in [0, 0.05) is 18.2 Å². The van der Waals surface area contributed by atoms with Crippen molar-refractivity contribution in [3.05, 3.63) is 95.1 Å². The van der Waals surface area contributed by atoms with Crippen molar-refractivity contribution in [2.45, 2.75) is 59.2 Å². The third-order valence-electron chi connectivity index (χ3n) is 6.55. The number of nitrogens with one attached hydrogen (secondary N) is 1. The van der Waals surface area contributed by atoms with Crippen LogP contribution in [0.3, 0.4) is 0 Å². The molecule has 4 rings (SSSR count). The van der Waals surface area contributed by atoms with Crippen LogP contribution in [0.5, 0.6) is 5.75 Å². The number of ether oxygens (including phenoxy) is 1. The molecule has 0 saturated heterocycles. The molecule has 3 aromatic rings. The first kappa shape index (κ1) is 26.3. The highest BCUT2D eigenvalue weighted by atomic mass is 19.1. The average Bonchev–Trinajstić information content (AvgIpc) is 2.89. The zero-order chi connectivity index (χ0) is 26.6. The maximum absolute atomic E-state index is 13.7. The van der Waals surface area contributed by atoms with Crippen molar-refractivity contribution in [3.8, 4) is 5.75 Å². The van der Waals surface area contributed by atoms with Gasteiger partial charge in [-0.1, -0.05) is 52.0 Å². The summed E-state index contributed by atoms with van der Waals surface area (Å²) in [5, 5.41) is 2.90. The molecule has 37 heavy (non-hydrogen) atoms. The van der Waals surface area contributed by atoms with Gasteiger partial charge in [-0.05, 0) is 65.9 Å². The van der Waals surface area contributed by atoms with Gasteiger partial charge in [0.1, 0.15) is 11.6 Å². The third kappa shape index (κ3) is 6.16. The topological polar surface area (TPSA) is 71.5 Å². The van der Waals surface area contributed by atoms with E-state index in [1.165, 1.54) is 12.1 Å². The van der Waals surface area contributed by atoms with Crippen LogP contribution in [0, 0.1) is 11.2 Å². The van der Waals surface area contributed by atoms with E-state index in [-0.39, 0.29) is 23.7 Å². The quantitative estimate of drug-likeness (QED) is 0.480. The number of halogens is 1. The second kappa shape index (κ2) is 11.1. The van der Waals surface area contributed by atoms with Gasteiger partial charge in [0.15, 0.2) is 6.10 Å². The number of aromatic nitrogens is 1. The van der Waals surface area contributed by atoms with Crippen molar-refractivity contribution in [1.29, 1.82) is 0 Å². The van der Waals surface area contributed by atoms with Crippen molar-refractivity contribution >= 4 is 11.8 Å². The van der Waals surface area contributed by atoms with Crippen LogP contribution in [-0.2, 0) is 22.6 Å². The summed E-state index contributed by atoms with van der Waals surface area (Å²) in [6.45, 7) is 8.50. The first-order valence-electron chi connectivity index (χ1n) is 12.7. The predicted octanol–water partition coefficient (Wildman–Crippen LogP) is 5.21. The predicted molar refractivity (Wildman–Crippen MR) is 140 cm³/mol. The molecule has 0 aliphatic carbocycles. The van der Waals surface area contributed by atoms with E-state index in [1.807, 2.05) is 69.0 Å². The summed E-state index contributed by atoms with van der Waals surface area (Å²) < 4.78 is 19.9. The summed E-state index contributed by atoms with van der Waals surface area (Å²) in [5.74, 6) is 0.0356. The fraction of sp³-hybridized carbons (Fsp3) is 0.367. The molecule has 0 unspecified atom stereocenters. The fourth-order valence-corrected chi connectivity index (χ4v) is 4.60. The molecule has 1 aliphatic heterocycles. The van der Waals surface area contributed by atoms with Crippen molar-refractivity contribution < 1.29 is 18.7 Å². The number of carbonyl (C=O) groups is 2. The largest absolute Gasteiger partial charge is 0.481 e. The number of nitrogens with zero attached hydrogens (tertiary/aromatic N) is 2. The van der Waals surface area contributed by atoms with Crippen molar-refractivity contribution in [1.82, 2.24) is 15.2 Å². The Labute approximate surface area is 217 Å². The normalized spacial score (nSPS) is 16.0.